The number of aromatic nitrogens is 1. The SMILES string of the molecule is C[Si](C)(C)CCOCn1ccc(=O)c2ccccc21. The number of ether oxygens (including phenoxy) is 1. The molecule has 2 rings (SSSR count). The molecule has 102 valence electrons. The van der Waals surface area contributed by atoms with Crippen molar-refractivity contribution in [2.24, 2.45) is 0 Å². The summed E-state index contributed by atoms with van der Waals surface area (Å²) < 4.78 is 7.73. The second-order valence-electron chi connectivity index (χ2n) is 6.01. The van der Waals surface area contributed by atoms with Crippen LogP contribution in [0.5, 0.6) is 0 Å². The fourth-order valence-corrected chi connectivity index (χ4v) is 2.67. The predicted molar refractivity (Wildman–Crippen MR) is 82.3 cm³/mol. The number of benzene rings is 1. The summed E-state index contributed by atoms with van der Waals surface area (Å²) in [5, 5.41) is 0.749. The maximum atomic E-state index is 11.7. The van der Waals surface area contributed by atoms with E-state index in [1.54, 1.807) is 12.3 Å². The lowest BCUT2D eigenvalue weighted by Gasteiger charge is -2.16. The minimum Gasteiger partial charge on any atom is -0.361 e. The molecule has 0 radical (unpaired) electrons. The fraction of sp³-hybridized carbons (Fsp3) is 0.400. The summed E-state index contributed by atoms with van der Waals surface area (Å²) in [6, 6.07) is 10.4. The van der Waals surface area contributed by atoms with Gasteiger partial charge in [0, 0.05) is 32.3 Å². The van der Waals surface area contributed by atoms with Crippen molar-refractivity contribution in [3.05, 3.63) is 46.8 Å². The van der Waals surface area contributed by atoms with Gasteiger partial charge in [-0.25, -0.2) is 0 Å². The van der Waals surface area contributed by atoms with Gasteiger partial charge in [-0.05, 0) is 18.2 Å². The third kappa shape index (κ3) is 3.78. The first-order valence-corrected chi connectivity index (χ1v) is 10.3. The Bertz CT molecular complexity index is 613. The van der Waals surface area contributed by atoms with Gasteiger partial charge in [-0.3, -0.25) is 4.79 Å². The van der Waals surface area contributed by atoms with E-state index >= 15 is 0 Å². The Morgan fingerprint density at radius 1 is 1.16 bits per heavy atom. The Labute approximate surface area is 114 Å². The average molecular weight is 275 g/mol. The van der Waals surface area contributed by atoms with Crippen LogP contribution < -0.4 is 5.43 Å². The van der Waals surface area contributed by atoms with Crippen molar-refractivity contribution in [2.45, 2.75) is 32.4 Å². The molecular weight excluding hydrogens is 254 g/mol. The summed E-state index contributed by atoms with van der Waals surface area (Å²) in [7, 11) is -1.04. The van der Waals surface area contributed by atoms with Crippen LogP contribution in [-0.2, 0) is 11.5 Å². The number of para-hydroxylation sites is 1. The molecule has 0 aliphatic heterocycles. The zero-order valence-corrected chi connectivity index (χ0v) is 12.8. The van der Waals surface area contributed by atoms with Crippen molar-refractivity contribution in [2.75, 3.05) is 6.61 Å². The molecule has 0 aliphatic carbocycles. The van der Waals surface area contributed by atoms with Gasteiger partial charge in [0.05, 0.1) is 5.52 Å². The van der Waals surface area contributed by atoms with Gasteiger partial charge in [-0.2, -0.15) is 0 Å². The Kier molecular flexibility index (Phi) is 4.22. The molecule has 1 aromatic heterocycles. The number of fused-ring (bicyclic) bond motifs is 1. The van der Waals surface area contributed by atoms with Crippen molar-refractivity contribution in [1.82, 2.24) is 4.57 Å². The molecule has 4 heteroatoms. The lowest BCUT2D eigenvalue weighted by molar-refractivity contribution is 0.0898. The summed E-state index contributed by atoms with van der Waals surface area (Å²) >= 11 is 0. The first kappa shape index (κ1) is 14.0. The molecule has 1 aromatic carbocycles. The molecule has 3 nitrogen and oxygen atoms in total. The van der Waals surface area contributed by atoms with Gasteiger partial charge in [-0.1, -0.05) is 31.8 Å². The summed E-state index contributed by atoms with van der Waals surface area (Å²) in [6.07, 6.45) is 1.80. The van der Waals surface area contributed by atoms with E-state index in [1.807, 2.05) is 28.8 Å². The standard InChI is InChI=1S/C15H21NO2Si/c1-19(2,3)11-10-18-12-16-9-8-15(17)13-6-4-5-7-14(13)16/h4-9H,10-12H2,1-3H3. The lowest BCUT2D eigenvalue weighted by atomic mass is 10.2. The summed E-state index contributed by atoms with van der Waals surface area (Å²) in [5.74, 6) is 0. The normalized spacial score (nSPS) is 11.9. The molecule has 0 spiro atoms. The smallest absolute Gasteiger partial charge is 0.189 e. The minimum absolute atomic E-state index is 0.0638. The lowest BCUT2D eigenvalue weighted by Crippen LogP contribution is -2.22. The van der Waals surface area contributed by atoms with Crippen LogP contribution >= 0.6 is 0 Å². The molecule has 0 saturated heterocycles. The van der Waals surface area contributed by atoms with Crippen LogP contribution in [0.15, 0.2) is 41.3 Å². The van der Waals surface area contributed by atoms with Crippen LogP contribution in [0.25, 0.3) is 10.9 Å². The average Bonchev–Trinajstić information content (AvgIpc) is 2.36. The zero-order chi connectivity index (χ0) is 13.9. The van der Waals surface area contributed by atoms with Gasteiger partial charge < -0.3 is 9.30 Å². The van der Waals surface area contributed by atoms with Crippen LogP contribution in [0.2, 0.25) is 25.7 Å². The van der Waals surface area contributed by atoms with Crippen molar-refractivity contribution in [3.63, 3.8) is 0 Å². The first-order valence-electron chi connectivity index (χ1n) is 6.63. The van der Waals surface area contributed by atoms with Gasteiger partial charge in [0.15, 0.2) is 5.43 Å². The van der Waals surface area contributed by atoms with E-state index in [4.69, 9.17) is 4.74 Å². The van der Waals surface area contributed by atoms with E-state index in [2.05, 4.69) is 19.6 Å². The molecule has 19 heavy (non-hydrogen) atoms. The Balaban J connectivity index is 2.09. The molecule has 0 bridgehead atoms. The largest absolute Gasteiger partial charge is 0.361 e. The monoisotopic (exact) mass is 275 g/mol. The number of nitrogens with zero attached hydrogens (tertiary/aromatic N) is 1. The molecule has 0 unspecified atom stereocenters. The topological polar surface area (TPSA) is 31.2 Å². The fourth-order valence-electron chi connectivity index (χ4n) is 1.91. The summed E-state index contributed by atoms with van der Waals surface area (Å²) in [5.41, 5.74) is 0.997. The van der Waals surface area contributed by atoms with Crippen LogP contribution in [0.3, 0.4) is 0 Å². The summed E-state index contributed by atoms with van der Waals surface area (Å²) in [4.78, 5) is 11.7. The molecular formula is C15H21NO2Si. The van der Waals surface area contributed by atoms with Gasteiger partial charge in [0.2, 0.25) is 0 Å². The maximum Gasteiger partial charge on any atom is 0.189 e. The van der Waals surface area contributed by atoms with Crippen molar-refractivity contribution < 1.29 is 4.74 Å². The van der Waals surface area contributed by atoms with Crippen LogP contribution in [-0.4, -0.2) is 19.2 Å². The highest BCUT2D eigenvalue weighted by Gasteiger charge is 2.12. The highest BCUT2D eigenvalue weighted by molar-refractivity contribution is 6.76. The van der Waals surface area contributed by atoms with E-state index in [1.165, 1.54) is 0 Å². The highest BCUT2D eigenvalue weighted by Crippen LogP contribution is 2.11. The molecule has 0 fully saturated rings. The Hall–Kier alpha value is -1.39. The summed E-state index contributed by atoms with van der Waals surface area (Å²) in [6.45, 7) is 8.31. The van der Waals surface area contributed by atoms with Crippen molar-refractivity contribution in [1.29, 1.82) is 0 Å². The molecule has 0 atom stereocenters. The highest BCUT2D eigenvalue weighted by atomic mass is 28.3. The minimum atomic E-state index is -1.04. The van der Waals surface area contributed by atoms with Crippen LogP contribution in [0.1, 0.15) is 0 Å². The third-order valence-corrected chi connectivity index (χ3v) is 4.82. The predicted octanol–water partition coefficient (Wildman–Crippen LogP) is 3.31. The molecule has 0 N–H and O–H groups in total. The Morgan fingerprint density at radius 3 is 2.63 bits per heavy atom. The van der Waals surface area contributed by atoms with Gasteiger partial charge >= 0.3 is 0 Å². The third-order valence-electron chi connectivity index (χ3n) is 3.11. The van der Waals surface area contributed by atoms with E-state index in [0.717, 1.165) is 23.6 Å². The van der Waals surface area contributed by atoms with Crippen molar-refractivity contribution in [3.8, 4) is 0 Å². The maximum absolute atomic E-state index is 11.7. The van der Waals surface area contributed by atoms with E-state index in [0.29, 0.717) is 6.73 Å². The van der Waals surface area contributed by atoms with E-state index in [-0.39, 0.29) is 5.43 Å². The van der Waals surface area contributed by atoms with Crippen LogP contribution in [0.4, 0.5) is 0 Å². The Morgan fingerprint density at radius 2 is 1.89 bits per heavy atom. The van der Waals surface area contributed by atoms with Crippen LogP contribution in [0, 0.1) is 0 Å². The molecule has 0 aliphatic rings. The van der Waals surface area contributed by atoms with Crippen molar-refractivity contribution >= 4 is 19.0 Å². The molecule has 0 saturated carbocycles. The molecule has 2 aromatic rings. The van der Waals surface area contributed by atoms with Gasteiger partial charge in [0.1, 0.15) is 6.73 Å². The number of rotatable bonds is 5. The van der Waals surface area contributed by atoms with E-state index < -0.39 is 8.07 Å². The number of pyridine rings is 1. The molecule has 1 heterocycles. The number of hydrogen-bond acceptors (Lipinski definition) is 2. The van der Waals surface area contributed by atoms with Gasteiger partial charge in [-0.15, -0.1) is 0 Å². The first-order chi connectivity index (χ1) is 8.97. The second-order valence-corrected chi connectivity index (χ2v) is 11.6. The molecule has 0 amide bonds. The van der Waals surface area contributed by atoms with Gasteiger partial charge in [0.25, 0.3) is 0 Å². The number of hydrogen-bond donors (Lipinski definition) is 0. The second kappa shape index (κ2) is 5.71. The zero-order valence-electron chi connectivity index (χ0n) is 11.8. The van der Waals surface area contributed by atoms with E-state index in [9.17, 15) is 4.79 Å². The quantitative estimate of drug-likeness (QED) is 0.619.